The van der Waals surface area contributed by atoms with E-state index in [9.17, 15) is 18.3 Å². The Morgan fingerprint density at radius 2 is 2.04 bits per heavy atom. The molecule has 3 rings (SSSR count). The summed E-state index contributed by atoms with van der Waals surface area (Å²) in [5.41, 5.74) is -0.0881. The van der Waals surface area contributed by atoms with Crippen molar-refractivity contribution in [2.75, 3.05) is 47.0 Å². The fourth-order valence-electron chi connectivity index (χ4n) is 3.35. The molecule has 138 valence electrons. The first-order valence-electron chi connectivity index (χ1n) is 8.02. The summed E-state index contributed by atoms with van der Waals surface area (Å²) >= 11 is 0. The molecule has 9 heteroatoms. The van der Waals surface area contributed by atoms with Crippen LogP contribution in [0.3, 0.4) is 0 Å². The number of benzene rings is 1. The van der Waals surface area contributed by atoms with E-state index in [0.717, 1.165) is 12.6 Å². The predicted octanol–water partition coefficient (Wildman–Crippen LogP) is 0.345. The number of hydrogen-bond acceptors (Lipinski definition) is 6. The quantitative estimate of drug-likeness (QED) is 0.817. The number of sulfonamides is 1. The maximum atomic E-state index is 13.2. The van der Waals surface area contributed by atoms with E-state index in [0.29, 0.717) is 26.3 Å². The number of likely N-dealkylation sites (N-methyl/N-ethyl adjacent to an activating group) is 1. The molecule has 0 spiro atoms. The van der Waals surface area contributed by atoms with Gasteiger partial charge in [-0.25, -0.2) is 13.2 Å². The molecule has 2 aliphatic heterocycles. The van der Waals surface area contributed by atoms with Crippen LogP contribution in [0, 0.1) is 5.92 Å². The van der Waals surface area contributed by atoms with Crippen molar-refractivity contribution in [3.8, 4) is 5.75 Å². The van der Waals surface area contributed by atoms with Crippen LogP contribution in [0.1, 0.15) is 10.4 Å². The van der Waals surface area contributed by atoms with Gasteiger partial charge in [-0.2, -0.15) is 4.31 Å². The van der Waals surface area contributed by atoms with E-state index >= 15 is 0 Å². The molecule has 2 bridgehead atoms. The summed E-state index contributed by atoms with van der Waals surface area (Å²) in [7, 11) is -0.552. The lowest BCUT2D eigenvalue weighted by atomic mass is 10.1. The van der Waals surface area contributed by atoms with Crippen LogP contribution in [0.15, 0.2) is 23.1 Å². The van der Waals surface area contributed by atoms with Gasteiger partial charge in [0, 0.05) is 31.6 Å². The largest absolute Gasteiger partial charge is 0.495 e. The summed E-state index contributed by atoms with van der Waals surface area (Å²) in [6.45, 7) is 2.40. The van der Waals surface area contributed by atoms with E-state index < -0.39 is 16.0 Å². The number of aromatic carboxylic acids is 1. The lowest BCUT2D eigenvalue weighted by Crippen LogP contribution is -2.44. The summed E-state index contributed by atoms with van der Waals surface area (Å²) in [5, 5.41) is 9.19. The van der Waals surface area contributed by atoms with Crippen molar-refractivity contribution in [3.63, 3.8) is 0 Å². The Labute approximate surface area is 147 Å². The lowest BCUT2D eigenvalue weighted by molar-refractivity contribution is 0.0696. The van der Waals surface area contributed by atoms with E-state index in [1.165, 1.54) is 23.5 Å². The van der Waals surface area contributed by atoms with Gasteiger partial charge in [0.25, 0.3) is 0 Å². The highest BCUT2D eigenvalue weighted by atomic mass is 32.2. The second kappa shape index (κ2) is 6.91. The normalized spacial score (nSPS) is 25.4. The number of carbonyl (C=O) groups is 1. The van der Waals surface area contributed by atoms with Gasteiger partial charge in [0.2, 0.25) is 10.0 Å². The summed E-state index contributed by atoms with van der Waals surface area (Å²) in [4.78, 5) is 13.3. The molecule has 1 N–H and O–H groups in total. The molecule has 8 nitrogen and oxygen atoms in total. The van der Waals surface area contributed by atoms with Crippen LogP contribution in [-0.2, 0) is 14.8 Å². The van der Waals surface area contributed by atoms with Crippen molar-refractivity contribution < 1.29 is 27.8 Å². The smallest absolute Gasteiger partial charge is 0.335 e. The van der Waals surface area contributed by atoms with Crippen LogP contribution in [-0.4, -0.2) is 81.7 Å². The molecule has 2 saturated heterocycles. The van der Waals surface area contributed by atoms with Crippen molar-refractivity contribution in [1.29, 1.82) is 0 Å². The number of rotatable bonds is 4. The van der Waals surface area contributed by atoms with Crippen molar-refractivity contribution in [2.24, 2.45) is 5.92 Å². The summed E-state index contributed by atoms with van der Waals surface area (Å²) in [6.07, 6.45) is 0. The van der Waals surface area contributed by atoms with Crippen molar-refractivity contribution >= 4 is 16.0 Å². The molecule has 2 atom stereocenters. The van der Waals surface area contributed by atoms with Gasteiger partial charge in [-0.3, -0.25) is 4.90 Å². The number of carboxylic acids is 1. The molecule has 2 fully saturated rings. The van der Waals surface area contributed by atoms with Gasteiger partial charge < -0.3 is 14.6 Å². The number of methoxy groups -OCH3 is 1. The van der Waals surface area contributed by atoms with Crippen LogP contribution in [0.4, 0.5) is 0 Å². The molecule has 1 aromatic carbocycles. The Kier molecular flexibility index (Phi) is 5.01. The molecule has 0 aromatic heterocycles. The molecule has 0 aliphatic carbocycles. The molecule has 0 saturated carbocycles. The standard InChI is InChI=1S/C16H22N2O6S/c1-17-6-11-7-18(8-13(17)10-24-9-11)25(21,22)15-5-12(16(19)20)3-4-14(15)23-2/h3-5,11,13H,6-10H2,1-2H3,(H,19,20)/t11-,13+/m1/s1. The molecule has 0 amide bonds. The van der Waals surface area contributed by atoms with E-state index in [-0.39, 0.29) is 28.2 Å². The summed E-state index contributed by atoms with van der Waals surface area (Å²) < 4.78 is 38.7. The minimum absolute atomic E-state index is 0.0315. The highest BCUT2D eigenvalue weighted by molar-refractivity contribution is 7.89. The first-order chi connectivity index (χ1) is 11.8. The molecule has 1 aromatic rings. The van der Waals surface area contributed by atoms with E-state index in [4.69, 9.17) is 9.47 Å². The zero-order valence-electron chi connectivity index (χ0n) is 14.2. The molecule has 0 unspecified atom stereocenters. The zero-order valence-corrected chi connectivity index (χ0v) is 15.0. The fourth-order valence-corrected chi connectivity index (χ4v) is 5.09. The van der Waals surface area contributed by atoms with Crippen LogP contribution in [0.2, 0.25) is 0 Å². The van der Waals surface area contributed by atoms with Crippen molar-refractivity contribution in [1.82, 2.24) is 9.21 Å². The molecule has 2 heterocycles. The van der Waals surface area contributed by atoms with Gasteiger partial charge in [-0.05, 0) is 25.2 Å². The minimum atomic E-state index is -3.89. The number of nitrogens with zero attached hydrogens (tertiary/aromatic N) is 2. The molecule has 2 aliphatic rings. The van der Waals surface area contributed by atoms with E-state index in [1.807, 2.05) is 7.05 Å². The highest BCUT2D eigenvalue weighted by Crippen LogP contribution is 2.30. The second-order valence-electron chi connectivity index (χ2n) is 6.49. The number of hydrogen-bond donors (Lipinski definition) is 1. The first-order valence-corrected chi connectivity index (χ1v) is 9.46. The van der Waals surface area contributed by atoms with Crippen LogP contribution in [0.5, 0.6) is 5.75 Å². The van der Waals surface area contributed by atoms with Gasteiger partial charge in [-0.15, -0.1) is 0 Å². The first kappa shape index (κ1) is 18.1. The third-order valence-electron chi connectivity index (χ3n) is 4.74. The summed E-state index contributed by atoms with van der Waals surface area (Å²) in [5.74, 6) is -0.968. The van der Waals surface area contributed by atoms with Crippen LogP contribution in [0.25, 0.3) is 0 Å². The van der Waals surface area contributed by atoms with Gasteiger partial charge in [0.15, 0.2) is 0 Å². The van der Waals surface area contributed by atoms with Crippen LogP contribution < -0.4 is 4.74 Å². The maximum Gasteiger partial charge on any atom is 0.335 e. The van der Waals surface area contributed by atoms with Gasteiger partial charge in [0.1, 0.15) is 10.6 Å². The molecular formula is C16H22N2O6S. The summed E-state index contributed by atoms with van der Waals surface area (Å²) in [6, 6.07) is 3.84. The Morgan fingerprint density at radius 3 is 2.72 bits per heavy atom. The monoisotopic (exact) mass is 370 g/mol. The number of fused-ring (bicyclic) bond motifs is 3. The van der Waals surface area contributed by atoms with Crippen LogP contribution >= 0.6 is 0 Å². The zero-order chi connectivity index (χ0) is 18.2. The van der Waals surface area contributed by atoms with Crippen molar-refractivity contribution in [3.05, 3.63) is 23.8 Å². The number of carboxylic acid groups (broad SMARTS) is 1. The fraction of sp³-hybridized carbons (Fsp3) is 0.562. The average molecular weight is 370 g/mol. The van der Waals surface area contributed by atoms with Crippen molar-refractivity contribution in [2.45, 2.75) is 10.9 Å². The third-order valence-corrected chi connectivity index (χ3v) is 6.59. The average Bonchev–Trinajstić information content (AvgIpc) is 2.82. The minimum Gasteiger partial charge on any atom is -0.495 e. The Bertz CT molecular complexity index is 766. The predicted molar refractivity (Wildman–Crippen MR) is 89.4 cm³/mol. The Hall–Kier alpha value is -1.68. The topological polar surface area (TPSA) is 96.4 Å². The SMILES string of the molecule is COc1ccc(C(=O)O)cc1S(=O)(=O)N1C[C@@H]2COC[C@H](C1)N(C)C2. The third kappa shape index (κ3) is 3.50. The van der Waals surface area contributed by atoms with E-state index in [1.54, 1.807) is 0 Å². The van der Waals surface area contributed by atoms with Gasteiger partial charge >= 0.3 is 5.97 Å². The van der Waals surface area contributed by atoms with Gasteiger partial charge in [0.05, 0.1) is 25.9 Å². The lowest BCUT2D eigenvalue weighted by Gasteiger charge is -2.29. The molecular weight excluding hydrogens is 348 g/mol. The molecule has 0 radical (unpaired) electrons. The Balaban J connectivity index is 2.01. The van der Waals surface area contributed by atoms with E-state index in [2.05, 4.69) is 4.90 Å². The number of ether oxygens (including phenoxy) is 2. The maximum absolute atomic E-state index is 13.2. The molecule has 25 heavy (non-hydrogen) atoms. The second-order valence-corrected chi connectivity index (χ2v) is 8.40. The Morgan fingerprint density at radius 1 is 1.28 bits per heavy atom. The highest BCUT2D eigenvalue weighted by Gasteiger charge is 2.38. The van der Waals surface area contributed by atoms with Gasteiger partial charge in [-0.1, -0.05) is 0 Å².